The Balaban J connectivity index is 2.33. The smallest absolute Gasteiger partial charge is 0.418 e. The van der Waals surface area contributed by atoms with Gasteiger partial charge in [-0.25, -0.2) is 4.79 Å². The summed E-state index contributed by atoms with van der Waals surface area (Å²) in [5.74, 6) is 0.0721. The molecule has 0 spiro atoms. The molecule has 0 amide bonds. The van der Waals surface area contributed by atoms with Crippen molar-refractivity contribution in [1.29, 1.82) is 0 Å². The standard InChI is InChI=1S/C15H17NO4/c1-10(17)19-12-5-6-13-11(9-12)7-8-16(13)14(18)20-15(2,3)4/h5-9H,1-4H3. The molecular formula is C15H17NO4. The van der Waals surface area contributed by atoms with Gasteiger partial charge in [0.1, 0.15) is 11.4 Å². The van der Waals surface area contributed by atoms with Gasteiger partial charge >= 0.3 is 12.1 Å². The van der Waals surface area contributed by atoms with Crippen molar-refractivity contribution in [2.24, 2.45) is 0 Å². The molecule has 1 aromatic heterocycles. The molecule has 5 nitrogen and oxygen atoms in total. The van der Waals surface area contributed by atoms with Crippen LogP contribution in [0.2, 0.25) is 0 Å². The van der Waals surface area contributed by atoms with Crippen LogP contribution in [0.4, 0.5) is 4.79 Å². The second-order valence-corrected chi connectivity index (χ2v) is 5.48. The van der Waals surface area contributed by atoms with Crippen molar-refractivity contribution in [3.8, 4) is 5.75 Å². The predicted octanol–water partition coefficient (Wildman–Crippen LogP) is 3.35. The Labute approximate surface area is 117 Å². The maximum atomic E-state index is 12.1. The van der Waals surface area contributed by atoms with Gasteiger partial charge in [0.2, 0.25) is 0 Å². The number of hydrogen-bond acceptors (Lipinski definition) is 4. The average Bonchev–Trinajstić information content (AvgIpc) is 2.68. The highest BCUT2D eigenvalue weighted by molar-refractivity contribution is 5.90. The normalized spacial score (nSPS) is 11.4. The van der Waals surface area contributed by atoms with E-state index in [2.05, 4.69) is 0 Å². The number of ether oxygens (including phenoxy) is 2. The van der Waals surface area contributed by atoms with Crippen molar-refractivity contribution in [3.63, 3.8) is 0 Å². The molecular weight excluding hydrogens is 258 g/mol. The Morgan fingerprint density at radius 2 is 1.85 bits per heavy atom. The third-order valence-electron chi connectivity index (χ3n) is 2.51. The molecule has 20 heavy (non-hydrogen) atoms. The molecule has 0 aliphatic heterocycles. The Morgan fingerprint density at radius 1 is 1.15 bits per heavy atom. The molecule has 2 aromatic rings. The summed E-state index contributed by atoms with van der Waals surface area (Å²) in [5, 5.41) is 0.801. The number of carbonyl (C=O) groups is 2. The van der Waals surface area contributed by atoms with Crippen LogP contribution in [0, 0.1) is 0 Å². The highest BCUT2D eigenvalue weighted by Crippen LogP contribution is 2.23. The van der Waals surface area contributed by atoms with Crippen LogP contribution in [0.3, 0.4) is 0 Å². The molecule has 0 N–H and O–H groups in total. The van der Waals surface area contributed by atoms with E-state index >= 15 is 0 Å². The number of nitrogens with zero attached hydrogens (tertiary/aromatic N) is 1. The second-order valence-electron chi connectivity index (χ2n) is 5.48. The van der Waals surface area contributed by atoms with Gasteiger partial charge in [-0.3, -0.25) is 9.36 Å². The zero-order valence-electron chi connectivity index (χ0n) is 12.0. The van der Waals surface area contributed by atoms with Crippen LogP contribution in [-0.2, 0) is 9.53 Å². The van der Waals surface area contributed by atoms with E-state index in [1.54, 1.807) is 30.5 Å². The fraction of sp³-hybridized carbons (Fsp3) is 0.333. The minimum absolute atomic E-state index is 0.379. The second kappa shape index (κ2) is 5.00. The first-order valence-corrected chi connectivity index (χ1v) is 6.29. The Morgan fingerprint density at radius 3 is 2.45 bits per heavy atom. The van der Waals surface area contributed by atoms with E-state index in [1.807, 2.05) is 20.8 Å². The molecule has 1 aromatic carbocycles. The van der Waals surface area contributed by atoms with Crippen molar-refractivity contribution >= 4 is 23.0 Å². The molecule has 0 bridgehead atoms. The van der Waals surface area contributed by atoms with Gasteiger partial charge in [-0.2, -0.15) is 0 Å². The van der Waals surface area contributed by atoms with Crippen LogP contribution < -0.4 is 4.74 Å². The van der Waals surface area contributed by atoms with Gasteiger partial charge in [0.15, 0.2) is 0 Å². The summed E-state index contributed by atoms with van der Waals surface area (Å²) in [4.78, 5) is 23.0. The summed E-state index contributed by atoms with van der Waals surface area (Å²) in [5.41, 5.74) is 0.154. The topological polar surface area (TPSA) is 57.5 Å². The summed E-state index contributed by atoms with van der Waals surface area (Å²) in [6, 6.07) is 6.84. The van der Waals surface area contributed by atoms with Gasteiger partial charge in [0.05, 0.1) is 5.52 Å². The first-order chi connectivity index (χ1) is 9.26. The lowest BCUT2D eigenvalue weighted by molar-refractivity contribution is -0.131. The molecule has 0 saturated heterocycles. The van der Waals surface area contributed by atoms with E-state index in [4.69, 9.17) is 9.47 Å². The molecule has 0 aliphatic rings. The summed E-state index contributed by atoms with van der Waals surface area (Å²) in [6.07, 6.45) is 1.20. The molecule has 0 aliphatic carbocycles. The van der Waals surface area contributed by atoms with Crippen LogP contribution >= 0.6 is 0 Å². The number of benzene rings is 1. The molecule has 0 unspecified atom stereocenters. The fourth-order valence-corrected chi connectivity index (χ4v) is 1.82. The SMILES string of the molecule is CC(=O)Oc1ccc2c(ccn2C(=O)OC(C)(C)C)c1. The molecule has 1 heterocycles. The highest BCUT2D eigenvalue weighted by Gasteiger charge is 2.19. The third-order valence-corrected chi connectivity index (χ3v) is 2.51. The van der Waals surface area contributed by atoms with E-state index < -0.39 is 11.7 Å². The van der Waals surface area contributed by atoms with Gasteiger partial charge in [-0.15, -0.1) is 0 Å². The largest absolute Gasteiger partial charge is 0.443 e. The van der Waals surface area contributed by atoms with Crippen molar-refractivity contribution in [2.45, 2.75) is 33.3 Å². The number of carbonyl (C=O) groups excluding carboxylic acids is 2. The Hall–Kier alpha value is -2.30. The van der Waals surface area contributed by atoms with Crippen molar-refractivity contribution in [3.05, 3.63) is 30.5 Å². The summed E-state index contributed by atoms with van der Waals surface area (Å²) in [6.45, 7) is 6.79. The summed E-state index contributed by atoms with van der Waals surface area (Å²) < 4.78 is 11.8. The fourth-order valence-electron chi connectivity index (χ4n) is 1.82. The number of fused-ring (bicyclic) bond motifs is 1. The van der Waals surface area contributed by atoms with Crippen LogP contribution in [0.15, 0.2) is 30.5 Å². The lowest BCUT2D eigenvalue weighted by Crippen LogP contribution is -2.26. The number of esters is 1. The predicted molar refractivity (Wildman–Crippen MR) is 74.9 cm³/mol. The first-order valence-electron chi connectivity index (χ1n) is 6.29. The van der Waals surface area contributed by atoms with Gasteiger partial charge in [0.25, 0.3) is 0 Å². The van der Waals surface area contributed by atoms with E-state index in [-0.39, 0.29) is 5.97 Å². The third kappa shape index (κ3) is 3.17. The molecule has 0 radical (unpaired) electrons. The zero-order valence-corrected chi connectivity index (χ0v) is 12.0. The summed E-state index contributed by atoms with van der Waals surface area (Å²) >= 11 is 0. The van der Waals surface area contributed by atoms with Crippen molar-refractivity contribution in [1.82, 2.24) is 4.57 Å². The van der Waals surface area contributed by atoms with E-state index in [0.29, 0.717) is 11.3 Å². The maximum Gasteiger partial charge on any atom is 0.418 e. The van der Waals surface area contributed by atoms with E-state index in [0.717, 1.165) is 5.39 Å². The average molecular weight is 275 g/mol. The quantitative estimate of drug-likeness (QED) is 0.591. The lowest BCUT2D eigenvalue weighted by atomic mass is 10.2. The lowest BCUT2D eigenvalue weighted by Gasteiger charge is -2.19. The molecule has 0 atom stereocenters. The highest BCUT2D eigenvalue weighted by atomic mass is 16.6. The van der Waals surface area contributed by atoms with Crippen molar-refractivity contribution in [2.75, 3.05) is 0 Å². The van der Waals surface area contributed by atoms with Crippen molar-refractivity contribution < 1.29 is 19.1 Å². The van der Waals surface area contributed by atoms with E-state index in [1.165, 1.54) is 11.5 Å². The van der Waals surface area contributed by atoms with Gasteiger partial charge in [-0.1, -0.05) is 0 Å². The van der Waals surface area contributed by atoms with Crippen LogP contribution in [0.5, 0.6) is 5.75 Å². The van der Waals surface area contributed by atoms with Crippen LogP contribution in [0.25, 0.3) is 10.9 Å². The minimum atomic E-state index is -0.550. The molecule has 0 fully saturated rings. The molecule has 106 valence electrons. The maximum absolute atomic E-state index is 12.1. The number of aromatic nitrogens is 1. The number of hydrogen-bond donors (Lipinski definition) is 0. The molecule has 0 saturated carbocycles. The van der Waals surface area contributed by atoms with E-state index in [9.17, 15) is 9.59 Å². The van der Waals surface area contributed by atoms with Gasteiger partial charge < -0.3 is 9.47 Å². The zero-order chi connectivity index (χ0) is 14.9. The Kier molecular flexibility index (Phi) is 3.53. The molecule has 5 heteroatoms. The van der Waals surface area contributed by atoms with Crippen LogP contribution in [0.1, 0.15) is 27.7 Å². The number of rotatable bonds is 1. The Bertz CT molecular complexity index is 664. The molecule has 2 rings (SSSR count). The minimum Gasteiger partial charge on any atom is -0.443 e. The van der Waals surface area contributed by atoms with Gasteiger partial charge in [-0.05, 0) is 45.0 Å². The summed E-state index contributed by atoms with van der Waals surface area (Å²) in [7, 11) is 0. The monoisotopic (exact) mass is 275 g/mol. The first kappa shape index (κ1) is 14.1. The van der Waals surface area contributed by atoms with Crippen LogP contribution in [-0.4, -0.2) is 22.2 Å². The van der Waals surface area contributed by atoms with Gasteiger partial charge in [0, 0.05) is 18.5 Å².